The Bertz CT molecular complexity index is 1490. The molecule has 0 aromatic heterocycles. The van der Waals surface area contributed by atoms with Crippen LogP contribution in [-0.4, -0.2) is 50.9 Å². The van der Waals surface area contributed by atoms with Gasteiger partial charge in [0, 0.05) is 34.9 Å². The Hall–Kier alpha value is -3.49. The zero-order chi connectivity index (χ0) is 26.9. The number of carbonyl (C=O) groups is 1. The molecule has 0 bridgehead atoms. The number of fused-ring (bicyclic) bond motifs is 4. The van der Waals surface area contributed by atoms with Gasteiger partial charge in [-0.25, -0.2) is 0 Å². The van der Waals surface area contributed by atoms with Crippen molar-refractivity contribution in [3.63, 3.8) is 0 Å². The van der Waals surface area contributed by atoms with Crippen molar-refractivity contribution in [2.24, 2.45) is 0 Å². The van der Waals surface area contributed by atoms with Crippen molar-refractivity contribution in [1.82, 2.24) is 0 Å². The Morgan fingerprint density at radius 1 is 0.846 bits per heavy atom. The lowest BCUT2D eigenvalue weighted by Crippen LogP contribution is -2.36. The quantitative estimate of drug-likeness (QED) is 0.406. The number of methoxy groups -OCH3 is 2. The van der Waals surface area contributed by atoms with E-state index in [0.717, 1.165) is 52.5 Å². The van der Waals surface area contributed by atoms with Gasteiger partial charge in [0.1, 0.15) is 11.9 Å². The van der Waals surface area contributed by atoms with Crippen LogP contribution in [0.4, 0.5) is 0 Å². The molecule has 1 saturated heterocycles. The van der Waals surface area contributed by atoms with Crippen molar-refractivity contribution < 1.29 is 38.0 Å². The fourth-order valence-electron chi connectivity index (χ4n) is 6.59. The Morgan fingerprint density at radius 2 is 1.59 bits per heavy atom. The van der Waals surface area contributed by atoms with Gasteiger partial charge >= 0.3 is 0 Å². The molecule has 0 radical (unpaired) electrons. The van der Waals surface area contributed by atoms with Gasteiger partial charge in [-0.1, -0.05) is 6.07 Å². The molecule has 8 nitrogen and oxygen atoms in total. The zero-order valence-corrected chi connectivity index (χ0v) is 22.6. The molecule has 204 valence electrons. The van der Waals surface area contributed by atoms with Crippen molar-refractivity contribution in [3.8, 4) is 39.9 Å². The first-order chi connectivity index (χ1) is 18.8. The molecule has 3 atom stereocenters. The fraction of sp³-hybridized carbons (Fsp3) is 0.452. The second-order valence-corrected chi connectivity index (χ2v) is 11.1. The zero-order valence-electron chi connectivity index (χ0n) is 22.6. The number of benzene rings is 3. The molecule has 8 heteroatoms. The summed E-state index contributed by atoms with van der Waals surface area (Å²) in [6.45, 7) is 4.10. The maximum atomic E-state index is 13.5. The summed E-state index contributed by atoms with van der Waals surface area (Å²) in [7, 11) is 3.24. The van der Waals surface area contributed by atoms with Gasteiger partial charge in [-0.05, 0) is 68.3 Å². The van der Waals surface area contributed by atoms with E-state index in [1.54, 1.807) is 14.2 Å². The van der Waals surface area contributed by atoms with E-state index in [9.17, 15) is 4.79 Å². The van der Waals surface area contributed by atoms with Crippen LogP contribution in [0.1, 0.15) is 55.5 Å². The first-order valence-electron chi connectivity index (χ1n) is 13.6. The molecule has 2 heterocycles. The summed E-state index contributed by atoms with van der Waals surface area (Å²) in [6, 6.07) is 9.73. The Labute approximate surface area is 227 Å². The average Bonchev–Trinajstić information content (AvgIpc) is 3.63. The number of Topliss-reactive ketones (excluding diaryl/α,β-unsaturated/α-hetero) is 1. The SMILES string of the molecule is COc1cc2c(OC3CCC4OC(C)(C)OC4C3)c3c(c(-c4ccc5c(c4)OCO5)c2cc1OC)C(=O)CC3. The van der Waals surface area contributed by atoms with Crippen molar-refractivity contribution >= 4 is 16.6 Å². The summed E-state index contributed by atoms with van der Waals surface area (Å²) in [4.78, 5) is 13.5. The lowest BCUT2D eigenvalue weighted by Gasteiger charge is -2.31. The van der Waals surface area contributed by atoms with Gasteiger partial charge in [0.25, 0.3) is 0 Å². The van der Waals surface area contributed by atoms with Crippen molar-refractivity contribution in [2.45, 2.75) is 70.1 Å². The van der Waals surface area contributed by atoms with Crippen LogP contribution >= 0.6 is 0 Å². The Kier molecular flexibility index (Phi) is 5.68. The number of carbonyl (C=O) groups excluding carboxylic acids is 1. The standard InChI is InChI=1S/C31H32O8/c1-31(2)38-23-10-6-17(12-27(23)39-31)37-30-18-7-8-21(32)29(18)28(16-5-9-22-26(11-16)36-15-35-22)19-13-24(33-3)25(34-4)14-20(19)30/h5,9,11,13-14,17,23,27H,6-8,10,12,15H2,1-4H3. The number of ketones is 1. The summed E-state index contributed by atoms with van der Waals surface area (Å²) >= 11 is 0. The predicted octanol–water partition coefficient (Wildman–Crippen LogP) is 5.83. The van der Waals surface area contributed by atoms with Gasteiger partial charge in [0.05, 0.1) is 26.4 Å². The summed E-state index contributed by atoms with van der Waals surface area (Å²) in [6.07, 6.45) is 3.52. The molecule has 7 rings (SSSR count). The van der Waals surface area contributed by atoms with E-state index in [-0.39, 0.29) is 30.9 Å². The highest BCUT2D eigenvalue weighted by Gasteiger charge is 2.45. The maximum Gasteiger partial charge on any atom is 0.231 e. The van der Waals surface area contributed by atoms with Crippen LogP contribution < -0.4 is 23.7 Å². The fourth-order valence-corrected chi connectivity index (χ4v) is 6.59. The predicted molar refractivity (Wildman–Crippen MR) is 143 cm³/mol. The third kappa shape index (κ3) is 4.00. The van der Waals surface area contributed by atoms with E-state index in [0.29, 0.717) is 41.4 Å². The largest absolute Gasteiger partial charge is 0.493 e. The average molecular weight is 533 g/mol. The molecular weight excluding hydrogens is 500 g/mol. The molecule has 2 aliphatic carbocycles. The second kappa shape index (κ2) is 9.03. The molecule has 3 aromatic carbocycles. The summed E-state index contributed by atoms with van der Waals surface area (Å²) in [5.74, 6) is 2.83. The topological polar surface area (TPSA) is 81.7 Å². The molecule has 0 amide bonds. The lowest BCUT2D eigenvalue weighted by molar-refractivity contribution is -0.146. The van der Waals surface area contributed by atoms with E-state index >= 15 is 0 Å². The van der Waals surface area contributed by atoms with Gasteiger partial charge in [0.15, 0.2) is 34.6 Å². The van der Waals surface area contributed by atoms with E-state index < -0.39 is 5.79 Å². The van der Waals surface area contributed by atoms with Crippen LogP contribution in [0.25, 0.3) is 21.9 Å². The van der Waals surface area contributed by atoms with Crippen LogP contribution in [0.5, 0.6) is 28.7 Å². The normalized spacial score (nSPS) is 24.5. The monoisotopic (exact) mass is 532 g/mol. The van der Waals surface area contributed by atoms with Crippen LogP contribution in [-0.2, 0) is 15.9 Å². The molecule has 2 aliphatic heterocycles. The minimum absolute atomic E-state index is 0.0118. The highest BCUT2D eigenvalue weighted by molar-refractivity contribution is 6.16. The van der Waals surface area contributed by atoms with E-state index in [4.69, 9.17) is 33.2 Å². The van der Waals surface area contributed by atoms with Gasteiger partial charge in [-0.15, -0.1) is 0 Å². The van der Waals surface area contributed by atoms with Crippen molar-refractivity contribution in [1.29, 1.82) is 0 Å². The molecule has 0 N–H and O–H groups in total. The molecule has 0 spiro atoms. The van der Waals surface area contributed by atoms with Gasteiger partial charge in [-0.2, -0.15) is 0 Å². The highest BCUT2D eigenvalue weighted by atomic mass is 16.8. The first kappa shape index (κ1) is 24.5. The second-order valence-electron chi connectivity index (χ2n) is 11.1. The Balaban J connectivity index is 1.40. The molecular formula is C31H32O8. The molecule has 1 saturated carbocycles. The van der Waals surface area contributed by atoms with Crippen molar-refractivity contribution in [3.05, 3.63) is 41.5 Å². The summed E-state index contributed by atoms with van der Waals surface area (Å²) in [5, 5.41) is 1.76. The smallest absolute Gasteiger partial charge is 0.231 e. The van der Waals surface area contributed by atoms with Crippen LogP contribution in [0.2, 0.25) is 0 Å². The van der Waals surface area contributed by atoms with E-state index in [2.05, 4.69) is 0 Å². The van der Waals surface area contributed by atoms with Gasteiger partial charge in [-0.3, -0.25) is 4.79 Å². The molecule has 3 unspecified atom stereocenters. The third-order valence-corrected chi connectivity index (χ3v) is 8.24. The van der Waals surface area contributed by atoms with Crippen molar-refractivity contribution in [2.75, 3.05) is 21.0 Å². The van der Waals surface area contributed by atoms with Crippen LogP contribution in [0.15, 0.2) is 30.3 Å². The van der Waals surface area contributed by atoms with Gasteiger partial charge in [0.2, 0.25) is 6.79 Å². The summed E-state index contributed by atoms with van der Waals surface area (Å²) in [5.41, 5.74) is 3.39. The molecule has 3 aromatic rings. The summed E-state index contributed by atoms with van der Waals surface area (Å²) < 4.78 is 41.7. The molecule has 39 heavy (non-hydrogen) atoms. The van der Waals surface area contributed by atoms with Crippen LogP contribution in [0.3, 0.4) is 0 Å². The highest BCUT2D eigenvalue weighted by Crippen LogP contribution is 2.50. The molecule has 4 aliphatic rings. The molecule has 2 fully saturated rings. The number of hydrogen-bond donors (Lipinski definition) is 0. The minimum atomic E-state index is -0.583. The van der Waals surface area contributed by atoms with E-state index in [1.807, 2.05) is 44.2 Å². The third-order valence-electron chi connectivity index (χ3n) is 8.24. The minimum Gasteiger partial charge on any atom is -0.493 e. The van der Waals surface area contributed by atoms with E-state index in [1.165, 1.54) is 0 Å². The Morgan fingerprint density at radius 3 is 2.38 bits per heavy atom. The van der Waals surface area contributed by atoms with Crippen LogP contribution in [0, 0.1) is 0 Å². The lowest BCUT2D eigenvalue weighted by atomic mass is 9.88. The number of hydrogen-bond acceptors (Lipinski definition) is 8. The maximum absolute atomic E-state index is 13.5. The number of ether oxygens (including phenoxy) is 7. The number of rotatable bonds is 5. The van der Waals surface area contributed by atoms with Gasteiger partial charge < -0.3 is 33.2 Å². The first-order valence-corrected chi connectivity index (χ1v) is 13.6.